The van der Waals surface area contributed by atoms with Crippen molar-refractivity contribution in [3.05, 3.63) is 35.3 Å². The molecule has 0 radical (unpaired) electrons. The minimum absolute atomic E-state index is 0.311. The molecule has 1 saturated heterocycles. The van der Waals surface area contributed by atoms with Gasteiger partial charge in [0.1, 0.15) is 0 Å². The lowest BCUT2D eigenvalue weighted by Crippen LogP contribution is -2.32. The highest BCUT2D eigenvalue weighted by atomic mass is 32.1. The average Bonchev–Trinajstić information content (AvgIpc) is 2.97. The summed E-state index contributed by atoms with van der Waals surface area (Å²) in [7, 11) is 0. The molecule has 1 aromatic rings. The zero-order valence-electron chi connectivity index (χ0n) is 9.58. The third kappa shape index (κ3) is 2.07. The molecule has 2 aliphatic rings. The van der Waals surface area contributed by atoms with Crippen molar-refractivity contribution in [2.75, 3.05) is 26.4 Å². The zero-order valence-corrected chi connectivity index (χ0v) is 10.4. The molecule has 3 rings (SSSR count). The molecule has 2 aliphatic heterocycles. The van der Waals surface area contributed by atoms with Crippen LogP contribution in [-0.2, 0) is 4.84 Å². The van der Waals surface area contributed by atoms with E-state index < -0.39 is 0 Å². The Hall–Kier alpha value is -1.01. The first-order chi connectivity index (χ1) is 8.38. The Bertz CT molecular complexity index is 429. The van der Waals surface area contributed by atoms with Gasteiger partial charge in [-0.2, -0.15) is 5.06 Å². The Morgan fingerprint density at radius 2 is 2.59 bits per heavy atom. The molecule has 4 nitrogen and oxygen atoms in total. The molecule has 90 valence electrons. The van der Waals surface area contributed by atoms with Gasteiger partial charge in [-0.25, -0.2) is 4.98 Å². The van der Waals surface area contributed by atoms with Gasteiger partial charge in [0, 0.05) is 18.5 Å². The van der Waals surface area contributed by atoms with Crippen LogP contribution in [0.25, 0.3) is 5.57 Å². The second-order valence-electron chi connectivity index (χ2n) is 4.23. The van der Waals surface area contributed by atoms with Crippen molar-refractivity contribution in [1.82, 2.24) is 14.9 Å². The van der Waals surface area contributed by atoms with Gasteiger partial charge in [-0.05, 0) is 5.57 Å². The fraction of sp³-hybridized carbons (Fsp3) is 0.417. The number of nitrogens with zero attached hydrogens (tertiary/aromatic N) is 3. The summed E-state index contributed by atoms with van der Waals surface area (Å²) in [6, 6.07) is 0.311. The van der Waals surface area contributed by atoms with Crippen LogP contribution in [0.3, 0.4) is 0 Å². The maximum absolute atomic E-state index is 5.70. The highest BCUT2D eigenvalue weighted by molar-refractivity contribution is 7.07. The van der Waals surface area contributed by atoms with Gasteiger partial charge in [0.25, 0.3) is 0 Å². The van der Waals surface area contributed by atoms with Crippen molar-refractivity contribution in [1.29, 1.82) is 0 Å². The van der Waals surface area contributed by atoms with Crippen molar-refractivity contribution in [2.45, 2.75) is 6.04 Å². The Balaban J connectivity index is 1.81. The summed E-state index contributed by atoms with van der Waals surface area (Å²) in [5.41, 5.74) is 4.27. The molecule has 0 amide bonds. The van der Waals surface area contributed by atoms with Gasteiger partial charge in [-0.3, -0.25) is 9.74 Å². The number of aromatic nitrogens is 1. The molecule has 3 heterocycles. The quantitative estimate of drug-likeness (QED) is 0.758. The molecule has 1 fully saturated rings. The van der Waals surface area contributed by atoms with Crippen LogP contribution in [0.4, 0.5) is 0 Å². The van der Waals surface area contributed by atoms with E-state index in [0.717, 1.165) is 25.5 Å². The van der Waals surface area contributed by atoms with Crippen LogP contribution in [-0.4, -0.2) is 47.4 Å². The second-order valence-corrected chi connectivity index (χ2v) is 4.95. The standard InChI is InChI=1S/C12H15N3OS/c1-2-5-16-15-9-14-4-3-10(12(15)6-14)11-7-17-8-13-11/h2-3,7-8,12H,1,4-6,9H2. The van der Waals surface area contributed by atoms with E-state index in [0.29, 0.717) is 12.6 Å². The van der Waals surface area contributed by atoms with Gasteiger partial charge in [-0.15, -0.1) is 17.9 Å². The number of rotatable bonds is 4. The SMILES string of the molecule is C=CCON1CN2CC=C(c3cscn3)C1C2. The molecular formula is C12H15N3OS. The zero-order chi connectivity index (χ0) is 11.7. The molecule has 1 aromatic heterocycles. The van der Waals surface area contributed by atoms with Crippen molar-refractivity contribution >= 4 is 16.9 Å². The molecule has 0 aromatic carbocycles. The summed E-state index contributed by atoms with van der Waals surface area (Å²) in [4.78, 5) is 12.5. The molecule has 0 N–H and O–H groups in total. The second kappa shape index (κ2) is 4.70. The normalized spacial score (nSPS) is 28.1. The summed E-state index contributed by atoms with van der Waals surface area (Å²) in [6.07, 6.45) is 4.05. The lowest BCUT2D eigenvalue weighted by atomic mass is 10.0. The van der Waals surface area contributed by atoms with Crippen LogP contribution < -0.4 is 0 Å². The van der Waals surface area contributed by atoms with Crippen LogP contribution >= 0.6 is 11.3 Å². The molecule has 0 aliphatic carbocycles. The van der Waals surface area contributed by atoms with Gasteiger partial charge >= 0.3 is 0 Å². The molecule has 2 unspecified atom stereocenters. The Labute approximate surface area is 105 Å². The maximum atomic E-state index is 5.70. The van der Waals surface area contributed by atoms with E-state index >= 15 is 0 Å². The molecule has 2 bridgehead atoms. The highest BCUT2D eigenvalue weighted by Crippen LogP contribution is 2.31. The molecule has 5 heteroatoms. The topological polar surface area (TPSA) is 28.6 Å². The molecule has 2 atom stereocenters. The van der Waals surface area contributed by atoms with E-state index in [9.17, 15) is 0 Å². The van der Waals surface area contributed by atoms with Gasteiger partial charge in [0.15, 0.2) is 0 Å². The Kier molecular flexibility index (Phi) is 3.07. The van der Waals surface area contributed by atoms with Crippen LogP contribution in [0.1, 0.15) is 5.69 Å². The Morgan fingerprint density at radius 1 is 1.65 bits per heavy atom. The molecular weight excluding hydrogens is 234 g/mol. The monoisotopic (exact) mass is 249 g/mol. The lowest BCUT2D eigenvalue weighted by Gasteiger charge is -2.24. The third-order valence-electron chi connectivity index (χ3n) is 3.13. The average molecular weight is 249 g/mol. The third-order valence-corrected chi connectivity index (χ3v) is 3.72. The molecule has 0 spiro atoms. The minimum Gasteiger partial charge on any atom is -0.293 e. The largest absolute Gasteiger partial charge is 0.293 e. The predicted octanol–water partition coefficient (Wildman–Crippen LogP) is 1.60. The van der Waals surface area contributed by atoms with Gasteiger partial charge in [0.05, 0.1) is 30.5 Å². The minimum atomic E-state index is 0.311. The first-order valence-electron chi connectivity index (χ1n) is 5.70. The van der Waals surface area contributed by atoms with Gasteiger partial charge < -0.3 is 0 Å². The van der Waals surface area contributed by atoms with Gasteiger partial charge in [-0.1, -0.05) is 12.2 Å². The summed E-state index contributed by atoms with van der Waals surface area (Å²) in [5.74, 6) is 0. The van der Waals surface area contributed by atoms with Crippen LogP contribution in [0.2, 0.25) is 0 Å². The van der Waals surface area contributed by atoms with Gasteiger partial charge in [0.2, 0.25) is 0 Å². The van der Waals surface area contributed by atoms with Crippen molar-refractivity contribution < 1.29 is 4.84 Å². The van der Waals surface area contributed by atoms with E-state index in [-0.39, 0.29) is 0 Å². The van der Waals surface area contributed by atoms with E-state index in [4.69, 9.17) is 4.84 Å². The number of hydroxylamine groups is 2. The smallest absolute Gasteiger partial charge is 0.0864 e. The Morgan fingerprint density at radius 3 is 3.35 bits per heavy atom. The van der Waals surface area contributed by atoms with E-state index in [2.05, 4.69) is 27.9 Å². The number of thiazole rings is 1. The lowest BCUT2D eigenvalue weighted by molar-refractivity contribution is -0.151. The van der Waals surface area contributed by atoms with Crippen LogP contribution in [0.15, 0.2) is 29.6 Å². The van der Waals surface area contributed by atoms with E-state index in [1.807, 2.05) is 10.6 Å². The summed E-state index contributed by atoms with van der Waals surface area (Å²) in [6.45, 7) is 7.13. The van der Waals surface area contributed by atoms with E-state index in [1.165, 1.54) is 5.57 Å². The fourth-order valence-electron chi connectivity index (χ4n) is 2.35. The molecule has 17 heavy (non-hydrogen) atoms. The van der Waals surface area contributed by atoms with Crippen LogP contribution in [0.5, 0.6) is 0 Å². The summed E-state index contributed by atoms with van der Waals surface area (Å²) < 4.78 is 0. The maximum Gasteiger partial charge on any atom is 0.0864 e. The highest BCUT2D eigenvalue weighted by Gasteiger charge is 2.37. The first kappa shape index (κ1) is 11.1. The fourth-order valence-corrected chi connectivity index (χ4v) is 2.91. The summed E-state index contributed by atoms with van der Waals surface area (Å²) >= 11 is 1.64. The number of fused-ring (bicyclic) bond motifs is 2. The van der Waals surface area contributed by atoms with Crippen molar-refractivity contribution in [2.24, 2.45) is 0 Å². The number of hydrogen-bond acceptors (Lipinski definition) is 5. The number of hydrogen-bond donors (Lipinski definition) is 0. The van der Waals surface area contributed by atoms with E-state index in [1.54, 1.807) is 17.4 Å². The van der Waals surface area contributed by atoms with Crippen molar-refractivity contribution in [3.63, 3.8) is 0 Å². The predicted molar refractivity (Wildman–Crippen MR) is 68.3 cm³/mol. The summed E-state index contributed by atoms with van der Waals surface area (Å²) in [5, 5.41) is 4.14. The van der Waals surface area contributed by atoms with Crippen molar-refractivity contribution in [3.8, 4) is 0 Å². The molecule has 0 saturated carbocycles. The van der Waals surface area contributed by atoms with Crippen LogP contribution in [0, 0.1) is 0 Å². The first-order valence-corrected chi connectivity index (χ1v) is 6.64.